The van der Waals surface area contributed by atoms with Gasteiger partial charge in [-0.2, -0.15) is 0 Å². The van der Waals surface area contributed by atoms with Crippen LogP contribution < -0.4 is 5.32 Å². The van der Waals surface area contributed by atoms with Crippen LogP contribution in [0.25, 0.3) is 10.8 Å². The zero-order valence-corrected chi connectivity index (χ0v) is 13.2. The van der Waals surface area contributed by atoms with Crippen LogP contribution in [0.5, 0.6) is 0 Å². The lowest BCUT2D eigenvalue weighted by Gasteiger charge is -2.16. The van der Waals surface area contributed by atoms with Crippen molar-refractivity contribution in [2.24, 2.45) is 0 Å². The van der Waals surface area contributed by atoms with E-state index in [4.69, 9.17) is 11.6 Å². The van der Waals surface area contributed by atoms with Crippen LogP contribution in [0.1, 0.15) is 29.6 Å². The van der Waals surface area contributed by atoms with Gasteiger partial charge in [-0.25, -0.2) is 0 Å². The number of hydrogen-bond acceptors (Lipinski definition) is 1. The van der Waals surface area contributed by atoms with Crippen molar-refractivity contribution in [2.75, 3.05) is 0 Å². The molecule has 20 heavy (non-hydrogen) atoms. The van der Waals surface area contributed by atoms with Crippen molar-refractivity contribution >= 4 is 44.2 Å². The van der Waals surface area contributed by atoms with E-state index in [0.717, 1.165) is 34.5 Å². The Morgan fingerprint density at radius 2 is 1.90 bits per heavy atom. The average Bonchev–Trinajstić information content (AvgIpc) is 2.83. The Kier molecular flexibility index (Phi) is 3.99. The molecule has 2 aromatic carbocycles. The lowest BCUT2D eigenvalue weighted by atomic mass is 10.1. The average molecular weight is 353 g/mol. The Morgan fingerprint density at radius 3 is 2.65 bits per heavy atom. The topological polar surface area (TPSA) is 29.1 Å². The van der Waals surface area contributed by atoms with Gasteiger partial charge in [-0.15, -0.1) is 11.6 Å². The fourth-order valence-corrected chi connectivity index (χ4v) is 3.41. The number of rotatable bonds is 2. The molecule has 3 rings (SSSR count). The molecule has 0 aromatic heterocycles. The highest BCUT2D eigenvalue weighted by Gasteiger charge is 2.26. The fourth-order valence-electron chi connectivity index (χ4n) is 2.69. The normalized spacial score (nSPS) is 22.1. The minimum absolute atomic E-state index is 0.0348. The first-order valence-electron chi connectivity index (χ1n) is 6.78. The molecule has 2 aromatic rings. The summed E-state index contributed by atoms with van der Waals surface area (Å²) in [7, 11) is 0. The van der Waals surface area contributed by atoms with Crippen LogP contribution in [0.15, 0.2) is 40.9 Å². The van der Waals surface area contributed by atoms with Gasteiger partial charge in [0.15, 0.2) is 0 Å². The Hall–Kier alpha value is -1.06. The van der Waals surface area contributed by atoms with E-state index < -0.39 is 0 Å². The van der Waals surface area contributed by atoms with Crippen molar-refractivity contribution < 1.29 is 4.79 Å². The molecule has 2 atom stereocenters. The molecule has 2 nitrogen and oxygen atoms in total. The molecule has 0 bridgehead atoms. The summed E-state index contributed by atoms with van der Waals surface area (Å²) >= 11 is 9.65. The summed E-state index contributed by atoms with van der Waals surface area (Å²) in [5.41, 5.74) is 0.690. The van der Waals surface area contributed by atoms with E-state index in [-0.39, 0.29) is 17.3 Å². The molecule has 0 saturated heterocycles. The maximum atomic E-state index is 12.3. The van der Waals surface area contributed by atoms with Gasteiger partial charge in [0.1, 0.15) is 0 Å². The number of carbonyl (C=O) groups excluding carboxylic acids is 1. The van der Waals surface area contributed by atoms with E-state index in [1.165, 1.54) is 0 Å². The van der Waals surface area contributed by atoms with Crippen molar-refractivity contribution in [3.63, 3.8) is 0 Å². The molecule has 0 spiro atoms. The summed E-state index contributed by atoms with van der Waals surface area (Å²) in [6, 6.07) is 11.9. The third-order valence-electron chi connectivity index (χ3n) is 3.81. The van der Waals surface area contributed by atoms with Crippen molar-refractivity contribution in [1.82, 2.24) is 5.32 Å². The van der Waals surface area contributed by atoms with E-state index in [1.54, 1.807) is 0 Å². The number of hydrogen-bond donors (Lipinski definition) is 1. The second kappa shape index (κ2) is 5.74. The standard InChI is InChI=1S/C16H15BrClNO/c17-13-7-6-10-8-12(5-4-11(10)9-13)16(20)19-15-3-1-2-14(15)18/h4-9,14-15H,1-3H2,(H,19,20). The van der Waals surface area contributed by atoms with Crippen LogP contribution in [0.3, 0.4) is 0 Å². The molecule has 0 heterocycles. The maximum Gasteiger partial charge on any atom is 0.251 e. The largest absolute Gasteiger partial charge is 0.348 e. The number of alkyl halides is 1. The van der Waals surface area contributed by atoms with Crippen LogP contribution in [0, 0.1) is 0 Å². The van der Waals surface area contributed by atoms with Crippen molar-refractivity contribution in [1.29, 1.82) is 0 Å². The first-order valence-corrected chi connectivity index (χ1v) is 8.01. The molecule has 1 amide bonds. The number of fused-ring (bicyclic) bond motifs is 1. The molecule has 2 unspecified atom stereocenters. The summed E-state index contributed by atoms with van der Waals surface area (Å²) in [4.78, 5) is 12.3. The summed E-state index contributed by atoms with van der Waals surface area (Å²) in [6.07, 6.45) is 3.05. The smallest absolute Gasteiger partial charge is 0.251 e. The van der Waals surface area contributed by atoms with Crippen molar-refractivity contribution in [3.8, 4) is 0 Å². The Bertz CT molecular complexity index is 658. The van der Waals surface area contributed by atoms with Gasteiger partial charge < -0.3 is 5.32 Å². The second-order valence-electron chi connectivity index (χ2n) is 5.23. The second-order valence-corrected chi connectivity index (χ2v) is 6.71. The molecule has 4 heteroatoms. The van der Waals surface area contributed by atoms with E-state index in [2.05, 4.69) is 21.2 Å². The minimum Gasteiger partial charge on any atom is -0.348 e. The molecule has 104 valence electrons. The predicted octanol–water partition coefficient (Wildman–Crippen LogP) is 4.49. The Labute approximate surface area is 131 Å². The number of nitrogens with one attached hydrogen (secondary N) is 1. The Balaban J connectivity index is 1.82. The van der Waals surface area contributed by atoms with Gasteiger partial charge in [-0.1, -0.05) is 28.1 Å². The number of benzene rings is 2. The van der Waals surface area contributed by atoms with Gasteiger partial charge in [-0.05, 0) is 54.3 Å². The molecule has 1 aliphatic carbocycles. The van der Waals surface area contributed by atoms with Crippen LogP contribution in [-0.2, 0) is 0 Å². The van der Waals surface area contributed by atoms with Gasteiger partial charge >= 0.3 is 0 Å². The molecule has 1 N–H and O–H groups in total. The highest BCUT2D eigenvalue weighted by Crippen LogP contribution is 2.25. The van der Waals surface area contributed by atoms with Crippen molar-refractivity contribution in [2.45, 2.75) is 30.7 Å². The van der Waals surface area contributed by atoms with Gasteiger partial charge in [0, 0.05) is 16.1 Å². The third kappa shape index (κ3) is 2.84. The zero-order chi connectivity index (χ0) is 14.1. The fraction of sp³-hybridized carbons (Fsp3) is 0.312. The van der Waals surface area contributed by atoms with Crippen LogP contribution in [-0.4, -0.2) is 17.3 Å². The minimum atomic E-state index is -0.0348. The van der Waals surface area contributed by atoms with Crippen LogP contribution >= 0.6 is 27.5 Å². The highest BCUT2D eigenvalue weighted by molar-refractivity contribution is 9.10. The summed E-state index contributed by atoms with van der Waals surface area (Å²) in [5.74, 6) is -0.0348. The van der Waals surface area contributed by atoms with Crippen molar-refractivity contribution in [3.05, 3.63) is 46.4 Å². The lowest BCUT2D eigenvalue weighted by molar-refractivity contribution is 0.0938. The summed E-state index contributed by atoms with van der Waals surface area (Å²) < 4.78 is 1.04. The first kappa shape index (κ1) is 13.9. The van der Waals surface area contributed by atoms with E-state index in [1.807, 2.05) is 36.4 Å². The highest BCUT2D eigenvalue weighted by atomic mass is 79.9. The molecular formula is C16H15BrClNO. The Morgan fingerprint density at radius 1 is 1.15 bits per heavy atom. The number of amides is 1. The molecular weight excluding hydrogens is 338 g/mol. The lowest BCUT2D eigenvalue weighted by Crippen LogP contribution is -2.37. The van der Waals surface area contributed by atoms with Gasteiger partial charge in [0.05, 0.1) is 5.38 Å². The zero-order valence-electron chi connectivity index (χ0n) is 10.9. The first-order chi connectivity index (χ1) is 9.63. The maximum absolute atomic E-state index is 12.3. The van der Waals surface area contributed by atoms with E-state index >= 15 is 0 Å². The van der Waals surface area contributed by atoms with Gasteiger partial charge in [-0.3, -0.25) is 4.79 Å². The molecule has 1 aliphatic rings. The molecule has 0 radical (unpaired) electrons. The van der Waals surface area contributed by atoms with Crippen LogP contribution in [0.4, 0.5) is 0 Å². The van der Waals surface area contributed by atoms with Gasteiger partial charge in [0.25, 0.3) is 5.91 Å². The van der Waals surface area contributed by atoms with E-state index in [0.29, 0.717) is 5.56 Å². The molecule has 1 saturated carbocycles. The molecule has 1 fully saturated rings. The quantitative estimate of drug-likeness (QED) is 0.793. The monoisotopic (exact) mass is 351 g/mol. The summed E-state index contributed by atoms with van der Waals surface area (Å²) in [6.45, 7) is 0. The predicted molar refractivity (Wildman–Crippen MR) is 86.4 cm³/mol. The number of halogens is 2. The van der Waals surface area contributed by atoms with E-state index in [9.17, 15) is 4.79 Å². The van der Waals surface area contributed by atoms with Gasteiger partial charge in [0.2, 0.25) is 0 Å². The summed E-state index contributed by atoms with van der Waals surface area (Å²) in [5, 5.41) is 5.29. The SMILES string of the molecule is O=C(NC1CCCC1Cl)c1ccc2cc(Br)ccc2c1. The molecule has 0 aliphatic heterocycles. The third-order valence-corrected chi connectivity index (χ3v) is 4.83. The van der Waals surface area contributed by atoms with Crippen LogP contribution in [0.2, 0.25) is 0 Å². The number of carbonyl (C=O) groups is 1.